The van der Waals surface area contributed by atoms with Crippen molar-refractivity contribution in [3.63, 3.8) is 0 Å². The lowest BCUT2D eigenvalue weighted by molar-refractivity contribution is -0.136. The van der Waals surface area contributed by atoms with Gasteiger partial charge in [0.25, 0.3) is 11.8 Å². The van der Waals surface area contributed by atoms with Crippen LogP contribution in [0.15, 0.2) is 30.4 Å². The van der Waals surface area contributed by atoms with Crippen LogP contribution in [0.25, 0.3) is 0 Å². The van der Waals surface area contributed by atoms with Gasteiger partial charge in [-0.2, -0.15) is 0 Å². The summed E-state index contributed by atoms with van der Waals surface area (Å²) in [6, 6.07) is 4.94. The molecule has 2 aliphatic heterocycles. The minimum Gasteiger partial charge on any atom is -0.369 e. The zero-order valence-electron chi connectivity index (χ0n) is 16.9. The van der Waals surface area contributed by atoms with E-state index < -0.39 is 23.8 Å². The van der Waals surface area contributed by atoms with Crippen molar-refractivity contribution in [1.82, 2.24) is 15.5 Å². The Kier molecular flexibility index (Phi) is 4.28. The summed E-state index contributed by atoms with van der Waals surface area (Å²) < 4.78 is 0. The number of hydrogen-bond donors (Lipinski definition) is 2. The van der Waals surface area contributed by atoms with Crippen LogP contribution < -0.4 is 15.5 Å². The van der Waals surface area contributed by atoms with Crippen LogP contribution in [0.5, 0.6) is 0 Å². The predicted octanol–water partition coefficient (Wildman–Crippen LogP) is 0.686. The van der Waals surface area contributed by atoms with Crippen molar-refractivity contribution in [2.75, 3.05) is 19.0 Å². The summed E-state index contributed by atoms with van der Waals surface area (Å²) in [6.07, 6.45) is 5.93. The minimum absolute atomic E-state index is 0.112. The Morgan fingerprint density at radius 3 is 2.53 bits per heavy atom. The fraction of sp³-hybridized carbons (Fsp3) is 0.455. The summed E-state index contributed by atoms with van der Waals surface area (Å²) in [5, 5.41) is 5.65. The molecular formula is C22H24N4O4. The first kappa shape index (κ1) is 19.0. The number of carbonyl (C=O) groups is 4. The number of carbonyl (C=O) groups excluding carboxylic acids is 4. The molecule has 4 amide bonds. The largest absolute Gasteiger partial charge is 0.369 e. The number of nitrogens with zero attached hydrogens (tertiary/aromatic N) is 2. The molecule has 5 rings (SSSR count). The van der Waals surface area contributed by atoms with E-state index in [1.807, 2.05) is 20.2 Å². The maximum absolute atomic E-state index is 13.1. The third-order valence-electron chi connectivity index (χ3n) is 7.03. The van der Waals surface area contributed by atoms with Gasteiger partial charge in [0.05, 0.1) is 17.2 Å². The van der Waals surface area contributed by atoms with Gasteiger partial charge in [-0.1, -0.05) is 12.2 Å². The number of anilines is 1. The zero-order valence-corrected chi connectivity index (χ0v) is 16.9. The van der Waals surface area contributed by atoms with Crippen molar-refractivity contribution >= 4 is 29.3 Å². The first-order valence-electron chi connectivity index (χ1n) is 10.3. The Morgan fingerprint density at radius 2 is 1.80 bits per heavy atom. The molecule has 4 aliphatic rings. The molecule has 1 aromatic carbocycles. The number of likely N-dealkylation sites (N-methyl/N-ethyl adjacent to an activating group) is 2. The highest BCUT2D eigenvalue weighted by Gasteiger charge is 2.47. The van der Waals surface area contributed by atoms with Gasteiger partial charge < -0.3 is 10.2 Å². The lowest BCUT2D eigenvalue weighted by Gasteiger charge is -2.37. The van der Waals surface area contributed by atoms with Crippen LogP contribution >= 0.6 is 0 Å². The molecule has 3 unspecified atom stereocenters. The lowest BCUT2D eigenvalue weighted by atomic mass is 9.94. The monoisotopic (exact) mass is 408 g/mol. The number of rotatable bonds is 4. The molecule has 5 atom stereocenters. The summed E-state index contributed by atoms with van der Waals surface area (Å²) in [7, 11) is 3.99. The normalized spacial score (nSPS) is 32.1. The fourth-order valence-corrected chi connectivity index (χ4v) is 5.56. The van der Waals surface area contributed by atoms with Crippen molar-refractivity contribution in [3.8, 4) is 0 Å². The van der Waals surface area contributed by atoms with Gasteiger partial charge in [0.1, 0.15) is 6.04 Å². The SMILES string of the molecule is CN[C@@H]1C2C=CC(C2)[C@H]1N(C)c1ccc2c(c1)C(=O)N(C1CCC(=O)NC1=O)C2=O. The summed E-state index contributed by atoms with van der Waals surface area (Å²) in [5.74, 6) is -0.969. The molecule has 8 heteroatoms. The van der Waals surface area contributed by atoms with Gasteiger partial charge in [-0.25, -0.2) is 0 Å². The van der Waals surface area contributed by atoms with E-state index >= 15 is 0 Å². The zero-order chi connectivity index (χ0) is 21.2. The highest BCUT2D eigenvalue weighted by Crippen LogP contribution is 2.43. The Bertz CT molecular complexity index is 1000. The number of piperidine rings is 1. The molecule has 30 heavy (non-hydrogen) atoms. The van der Waals surface area contributed by atoms with Crippen molar-refractivity contribution in [3.05, 3.63) is 41.5 Å². The van der Waals surface area contributed by atoms with E-state index in [9.17, 15) is 19.2 Å². The van der Waals surface area contributed by atoms with Gasteiger partial charge in [0, 0.05) is 25.2 Å². The van der Waals surface area contributed by atoms with Crippen LogP contribution in [0.1, 0.15) is 40.0 Å². The second kappa shape index (κ2) is 6.77. The Morgan fingerprint density at radius 1 is 1.07 bits per heavy atom. The van der Waals surface area contributed by atoms with E-state index in [0.29, 0.717) is 29.0 Å². The lowest BCUT2D eigenvalue weighted by Crippen LogP contribution is -2.54. The number of hydrogen-bond acceptors (Lipinski definition) is 6. The Balaban J connectivity index is 1.43. The number of amides is 4. The molecule has 2 fully saturated rings. The molecule has 1 saturated carbocycles. The standard InChI is InChI=1S/C22H24N4O4/c1-23-18-11-3-4-12(9-11)19(18)25(2)13-5-6-14-15(10-13)22(30)26(21(14)29)16-7-8-17(27)24-20(16)28/h3-6,10-12,16,18-19,23H,7-9H2,1-2H3,(H,24,27,28)/t11?,12?,16?,18-,19-/m1/s1. The van der Waals surface area contributed by atoms with Crippen LogP contribution in [0, 0.1) is 11.8 Å². The molecule has 0 radical (unpaired) electrons. The topological polar surface area (TPSA) is 98.8 Å². The van der Waals surface area contributed by atoms with E-state index in [4.69, 9.17) is 0 Å². The van der Waals surface area contributed by atoms with Gasteiger partial charge in [0.15, 0.2) is 0 Å². The summed E-state index contributed by atoms with van der Waals surface area (Å²) in [4.78, 5) is 52.8. The Hall–Kier alpha value is -3.00. The molecule has 2 aliphatic carbocycles. The quantitative estimate of drug-likeness (QED) is 0.562. The van der Waals surface area contributed by atoms with E-state index in [1.54, 1.807) is 12.1 Å². The average Bonchev–Trinajstić information content (AvgIpc) is 3.41. The van der Waals surface area contributed by atoms with Crippen molar-refractivity contribution < 1.29 is 19.2 Å². The highest BCUT2D eigenvalue weighted by atomic mass is 16.2. The number of imide groups is 2. The fourth-order valence-electron chi connectivity index (χ4n) is 5.56. The van der Waals surface area contributed by atoms with Gasteiger partial charge in [-0.15, -0.1) is 0 Å². The maximum Gasteiger partial charge on any atom is 0.262 e. The van der Waals surface area contributed by atoms with Gasteiger partial charge in [0.2, 0.25) is 11.8 Å². The first-order chi connectivity index (χ1) is 14.4. The second-order valence-electron chi connectivity index (χ2n) is 8.54. The molecule has 0 aromatic heterocycles. The second-order valence-corrected chi connectivity index (χ2v) is 8.54. The molecule has 2 heterocycles. The first-order valence-corrected chi connectivity index (χ1v) is 10.3. The molecule has 1 aromatic rings. The maximum atomic E-state index is 13.1. The van der Waals surface area contributed by atoms with Crippen molar-refractivity contribution in [1.29, 1.82) is 0 Å². The van der Waals surface area contributed by atoms with E-state index in [2.05, 4.69) is 27.7 Å². The number of fused-ring (bicyclic) bond motifs is 3. The van der Waals surface area contributed by atoms with Gasteiger partial charge >= 0.3 is 0 Å². The van der Waals surface area contributed by atoms with Crippen LogP contribution in [-0.4, -0.2) is 60.7 Å². The van der Waals surface area contributed by atoms with Crippen LogP contribution in [0.2, 0.25) is 0 Å². The van der Waals surface area contributed by atoms with Gasteiger partial charge in [-0.3, -0.25) is 29.4 Å². The molecule has 156 valence electrons. The molecule has 1 saturated heterocycles. The van der Waals surface area contributed by atoms with Crippen LogP contribution in [0.4, 0.5) is 5.69 Å². The number of benzene rings is 1. The Labute approximate surface area is 174 Å². The highest BCUT2D eigenvalue weighted by molar-refractivity contribution is 6.23. The third kappa shape index (κ3) is 2.63. The van der Waals surface area contributed by atoms with Gasteiger partial charge in [-0.05, 0) is 49.9 Å². The van der Waals surface area contributed by atoms with Crippen LogP contribution in [-0.2, 0) is 9.59 Å². The molecule has 2 bridgehead atoms. The smallest absolute Gasteiger partial charge is 0.262 e. The van der Waals surface area contributed by atoms with E-state index in [0.717, 1.165) is 17.0 Å². The van der Waals surface area contributed by atoms with E-state index in [1.165, 1.54) is 0 Å². The predicted molar refractivity (Wildman–Crippen MR) is 109 cm³/mol. The van der Waals surface area contributed by atoms with Crippen molar-refractivity contribution in [2.24, 2.45) is 11.8 Å². The summed E-state index contributed by atoms with van der Waals surface area (Å²) in [6.45, 7) is 0. The van der Waals surface area contributed by atoms with Crippen LogP contribution in [0.3, 0.4) is 0 Å². The minimum atomic E-state index is -0.944. The summed E-state index contributed by atoms with van der Waals surface area (Å²) >= 11 is 0. The molecule has 0 spiro atoms. The molecular weight excluding hydrogens is 384 g/mol. The van der Waals surface area contributed by atoms with E-state index in [-0.39, 0.29) is 24.8 Å². The summed E-state index contributed by atoms with van der Waals surface area (Å²) in [5.41, 5.74) is 1.49. The third-order valence-corrected chi connectivity index (χ3v) is 7.03. The molecule has 8 nitrogen and oxygen atoms in total. The molecule has 2 N–H and O–H groups in total. The van der Waals surface area contributed by atoms with Crippen molar-refractivity contribution in [2.45, 2.75) is 37.4 Å². The average molecular weight is 408 g/mol. The number of nitrogens with one attached hydrogen (secondary N) is 2.